The van der Waals surface area contributed by atoms with Crippen LogP contribution in [0.4, 0.5) is 0 Å². The first-order valence-electron chi connectivity index (χ1n) is 3.28. The van der Waals surface area contributed by atoms with Gasteiger partial charge in [0.25, 0.3) is 0 Å². The molecule has 60 valence electrons. The Labute approximate surface area is 66.9 Å². The number of allylic oxidation sites excluding steroid dienone is 4. The van der Waals surface area contributed by atoms with Crippen molar-refractivity contribution in [2.24, 2.45) is 0 Å². The lowest BCUT2D eigenvalue weighted by Gasteiger charge is -2.00. The highest BCUT2D eigenvalue weighted by atomic mass is 16.5. The van der Waals surface area contributed by atoms with Crippen molar-refractivity contribution in [2.45, 2.75) is 6.92 Å². The molecule has 0 aliphatic rings. The molecule has 0 rings (SSSR count). The van der Waals surface area contributed by atoms with Crippen LogP contribution in [-0.4, -0.2) is 13.4 Å². The smallest absolute Gasteiger partial charge is 0.153 e. The van der Waals surface area contributed by atoms with Gasteiger partial charge in [-0.15, -0.1) is 0 Å². The van der Waals surface area contributed by atoms with E-state index < -0.39 is 0 Å². The number of ether oxygens (including phenoxy) is 1. The van der Waals surface area contributed by atoms with E-state index in [1.54, 1.807) is 12.2 Å². The molecule has 0 unspecified atom stereocenters. The minimum atomic E-state index is 0.498. The predicted octanol–water partition coefficient (Wildman–Crippen LogP) is 1.85. The van der Waals surface area contributed by atoms with Crippen LogP contribution in [0.15, 0.2) is 36.1 Å². The molecule has 0 N–H and O–H groups in total. The van der Waals surface area contributed by atoms with E-state index in [9.17, 15) is 4.79 Å². The summed E-state index contributed by atoms with van der Waals surface area (Å²) in [5.41, 5.74) is 0.505. The fourth-order valence-electron chi connectivity index (χ4n) is 0.678. The van der Waals surface area contributed by atoms with Crippen molar-refractivity contribution >= 4 is 6.29 Å². The zero-order chi connectivity index (χ0) is 8.69. The monoisotopic (exact) mass is 152 g/mol. The van der Waals surface area contributed by atoms with Crippen molar-refractivity contribution in [3.8, 4) is 0 Å². The van der Waals surface area contributed by atoms with Crippen LogP contribution in [0.2, 0.25) is 0 Å². The Balaban J connectivity index is 4.75. The Hall–Kier alpha value is -1.31. The number of rotatable bonds is 4. The summed E-state index contributed by atoms with van der Waals surface area (Å²) >= 11 is 0. The van der Waals surface area contributed by atoms with Crippen LogP contribution in [0.1, 0.15) is 6.92 Å². The zero-order valence-corrected chi connectivity index (χ0v) is 6.83. The molecular weight excluding hydrogens is 140 g/mol. The molecule has 2 nitrogen and oxygen atoms in total. The van der Waals surface area contributed by atoms with Gasteiger partial charge in [0, 0.05) is 0 Å². The fourth-order valence-corrected chi connectivity index (χ4v) is 0.678. The SMILES string of the molecule is C=C/C(OC)=C(C=O)\C=C/C. The van der Waals surface area contributed by atoms with Crippen LogP contribution >= 0.6 is 0 Å². The summed E-state index contributed by atoms with van der Waals surface area (Å²) in [5, 5.41) is 0. The number of hydrogen-bond acceptors (Lipinski definition) is 2. The first-order chi connectivity index (χ1) is 5.29. The summed E-state index contributed by atoms with van der Waals surface area (Å²) in [4.78, 5) is 10.4. The number of methoxy groups -OCH3 is 1. The first kappa shape index (κ1) is 9.69. The van der Waals surface area contributed by atoms with E-state index in [0.717, 1.165) is 6.29 Å². The Morgan fingerprint density at radius 3 is 2.45 bits per heavy atom. The average Bonchev–Trinajstić information content (AvgIpc) is 2.05. The highest BCUT2D eigenvalue weighted by molar-refractivity contribution is 5.78. The van der Waals surface area contributed by atoms with Gasteiger partial charge in [0.1, 0.15) is 5.76 Å². The lowest BCUT2D eigenvalue weighted by molar-refractivity contribution is -0.104. The molecule has 0 saturated carbocycles. The van der Waals surface area contributed by atoms with Gasteiger partial charge in [0.2, 0.25) is 0 Å². The molecule has 0 heterocycles. The standard InChI is InChI=1S/C9H12O2/c1-4-6-8(7-10)9(5-2)11-3/h4-7H,2H2,1,3H3/b6-4-,9-8-. The molecule has 0 radical (unpaired) electrons. The van der Waals surface area contributed by atoms with Gasteiger partial charge in [-0.25, -0.2) is 0 Å². The van der Waals surface area contributed by atoms with Gasteiger partial charge >= 0.3 is 0 Å². The maximum atomic E-state index is 10.4. The molecule has 0 aromatic carbocycles. The maximum absolute atomic E-state index is 10.4. The predicted molar refractivity (Wildman–Crippen MR) is 45.1 cm³/mol. The van der Waals surface area contributed by atoms with Gasteiger partial charge in [-0.3, -0.25) is 4.79 Å². The molecule has 0 aliphatic carbocycles. The molecule has 0 spiro atoms. The van der Waals surface area contributed by atoms with Gasteiger partial charge in [-0.2, -0.15) is 0 Å². The van der Waals surface area contributed by atoms with E-state index in [2.05, 4.69) is 6.58 Å². The van der Waals surface area contributed by atoms with E-state index in [4.69, 9.17) is 4.74 Å². The van der Waals surface area contributed by atoms with Crippen LogP contribution in [0, 0.1) is 0 Å². The number of carbonyl (C=O) groups is 1. The molecule has 0 fully saturated rings. The third kappa shape index (κ3) is 2.85. The molecule has 0 aliphatic heterocycles. The third-order valence-electron chi connectivity index (χ3n) is 1.16. The van der Waals surface area contributed by atoms with Crippen LogP contribution in [0.3, 0.4) is 0 Å². The topological polar surface area (TPSA) is 26.3 Å². The molecule has 0 saturated heterocycles. The maximum Gasteiger partial charge on any atom is 0.153 e. The van der Waals surface area contributed by atoms with Crippen molar-refractivity contribution in [1.29, 1.82) is 0 Å². The molecular formula is C9H12O2. The van der Waals surface area contributed by atoms with Crippen LogP contribution in [0.5, 0.6) is 0 Å². The second-order valence-corrected chi connectivity index (χ2v) is 1.85. The first-order valence-corrected chi connectivity index (χ1v) is 3.28. The molecule has 0 aromatic rings. The van der Waals surface area contributed by atoms with Crippen molar-refractivity contribution in [2.75, 3.05) is 7.11 Å². The molecule has 11 heavy (non-hydrogen) atoms. The Kier molecular flexibility index (Phi) is 4.82. The number of hydrogen-bond donors (Lipinski definition) is 0. The zero-order valence-electron chi connectivity index (χ0n) is 6.83. The van der Waals surface area contributed by atoms with E-state index in [0.29, 0.717) is 11.3 Å². The minimum Gasteiger partial charge on any atom is -0.496 e. The Morgan fingerprint density at radius 1 is 1.55 bits per heavy atom. The minimum absolute atomic E-state index is 0.498. The van der Waals surface area contributed by atoms with Gasteiger partial charge in [-0.05, 0) is 13.0 Å². The number of carbonyl (C=O) groups excluding carboxylic acids is 1. The fraction of sp³-hybridized carbons (Fsp3) is 0.222. The quantitative estimate of drug-likeness (QED) is 0.266. The Morgan fingerprint density at radius 2 is 2.18 bits per heavy atom. The van der Waals surface area contributed by atoms with E-state index in [-0.39, 0.29) is 0 Å². The van der Waals surface area contributed by atoms with E-state index in [1.165, 1.54) is 13.2 Å². The summed E-state index contributed by atoms with van der Waals surface area (Å²) in [7, 11) is 1.50. The highest BCUT2D eigenvalue weighted by Crippen LogP contribution is 2.05. The van der Waals surface area contributed by atoms with Gasteiger partial charge in [0.15, 0.2) is 6.29 Å². The van der Waals surface area contributed by atoms with Crippen LogP contribution in [0.25, 0.3) is 0 Å². The van der Waals surface area contributed by atoms with Crippen molar-refractivity contribution in [3.05, 3.63) is 36.1 Å². The second kappa shape index (κ2) is 5.47. The molecule has 0 bridgehead atoms. The van der Waals surface area contributed by atoms with Gasteiger partial charge in [-0.1, -0.05) is 18.7 Å². The lowest BCUT2D eigenvalue weighted by Crippen LogP contribution is -1.90. The summed E-state index contributed by atoms with van der Waals surface area (Å²) in [6, 6.07) is 0. The second-order valence-electron chi connectivity index (χ2n) is 1.85. The number of aldehydes is 1. The Bertz CT molecular complexity index is 200. The molecule has 0 aromatic heterocycles. The van der Waals surface area contributed by atoms with Crippen LogP contribution < -0.4 is 0 Å². The molecule has 2 heteroatoms. The van der Waals surface area contributed by atoms with Crippen molar-refractivity contribution in [3.63, 3.8) is 0 Å². The summed E-state index contributed by atoms with van der Waals surface area (Å²) in [5.74, 6) is 0.498. The summed E-state index contributed by atoms with van der Waals surface area (Å²) in [6.45, 7) is 5.34. The third-order valence-corrected chi connectivity index (χ3v) is 1.16. The van der Waals surface area contributed by atoms with E-state index >= 15 is 0 Å². The largest absolute Gasteiger partial charge is 0.496 e. The van der Waals surface area contributed by atoms with Crippen LogP contribution in [-0.2, 0) is 9.53 Å². The molecule has 0 amide bonds. The van der Waals surface area contributed by atoms with Crippen molar-refractivity contribution in [1.82, 2.24) is 0 Å². The van der Waals surface area contributed by atoms with E-state index in [1.807, 2.05) is 6.92 Å². The average molecular weight is 152 g/mol. The van der Waals surface area contributed by atoms with Gasteiger partial charge < -0.3 is 4.74 Å². The highest BCUT2D eigenvalue weighted by Gasteiger charge is 1.96. The summed E-state index contributed by atoms with van der Waals surface area (Å²) in [6.07, 6.45) is 5.68. The normalized spacial score (nSPS) is 12.5. The lowest BCUT2D eigenvalue weighted by atomic mass is 10.2. The molecule has 0 atom stereocenters. The van der Waals surface area contributed by atoms with Crippen molar-refractivity contribution < 1.29 is 9.53 Å². The van der Waals surface area contributed by atoms with Gasteiger partial charge in [0.05, 0.1) is 12.7 Å². The summed E-state index contributed by atoms with van der Waals surface area (Å²) < 4.78 is 4.88.